The smallest absolute Gasteiger partial charge is 0.338 e. The zero-order valence-corrected chi connectivity index (χ0v) is 25.0. The Morgan fingerprint density at radius 1 is 0.818 bits per heavy atom. The molecule has 0 saturated carbocycles. The van der Waals surface area contributed by atoms with Gasteiger partial charge in [0.25, 0.3) is 0 Å². The molecule has 2 heterocycles. The van der Waals surface area contributed by atoms with Crippen molar-refractivity contribution >= 4 is 29.2 Å². The van der Waals surface area contributed by atoms with E-state index in [2.05, 4.69) is 17.0 Å². The molecule has 2 amide bonds. The summed E-state index contributed by atoms with van der Waals surface area (Å²) in [5.74, 6) is -0.493. The zero-order chi connectivity index (χ0) is 30.9. The first-order valence-corrected chi connectivity index (χ1v) is 15.5. The van der Waals surface area contributed by atoms with E-state index in [0.717, 1.165) is 42.9 Å². The summed E-state index contributed by atoms with van der Waals surface area (Å²) in [6.07, 6.45) is -1.26. The summed E-state index contributed by atoms with van der Waals surface area (Å²) in [4.78, 5) is 33.8. The van der Waals surface area contributed by atoms with Gasteiger partial charge in [-0.05, 0) is 57.3 Å². The van der Waals surface area contributed by atoms with Gasteiger partial charge in [-0.2, -0.15) is 24.5 Å². The second-order valence-electron chi connectivity index (χ2n) is 10.8. The SMILES string of the molecule is O=C([C@H](Cc1ccccc1)N(Cc1ccsc1)C(=O)C=Cc1ccc(C(F)(F)F)cc1)N1CCN(Cc2ccccc2)CC1. The Labute approximate surface area is 259 Å². The number of halogens is 3. The van der Waals surface area contributed by atoms with Gasteiger partial charge >= 0.3 is 6.18 Å². The Bertz CT molecular complexity index is 1520. The van der Waals surface area contributed by atoms with E-state index in [0.29, 0.717) is 25.1 Å². The van der Waals surface area contributed by atoms with Crippen molar-refractivity contribution in [3.63, 3.8) is 0 Å². The molecule has 1 atom stereocenters. The Morgan fingerprint density at radius 2 is 1.45 bits per heavy atom. The molecule has 0 aliphatic carbocycles. The summed E-state index contributed by atoms with van der Waals surface area (Å²) >= 11 is 1.51. The average Bonchev–Trinajstić information content (AvgIpc) is 3.56. The number of carbonyl (C=O) groups is 2. The number of benzene rings is 3. The van der Waals surface area contributed by atoms with Crippen LogP contribution >= 0.6 is 11.3 Å². The fourth-order valence-electron chi connectivity index (χ4n) is 5.31. The van der Waals surface area contributed by atoms with E-state index in [1.165, 1.54) is 41.2 Å². The highest BCUT2D eigenvalue weighted by Gasteiger charge is 2.34. The van der Waals surface area contributed by atoms with Crippen LogP contribution in [0.15, 0.2) is 108 Å². The predicted octanol–water partition coefficient (Wildman–Crippen LogP) is 6.76. The average molecular weight is 618 g/mol. The lowest BCUT2D eigenvalue weighted by atomic mass is 10.0. The fourth-order valence-corrected chi connectivity index (χ4v) is 5.97. The van der Waals surface area contributed by atoms with Gasteiger partial charge in [-0.25, -0.2) is 0 Å². The van der Waals surface area contributed by atoms with E-state index in [-0.39, 0.29) is 18.4 Å². The van der Waals surface area contributed by atoms with Crippen molar-refractivity contribution in [2.75, 3.05) is 26.2 Å². The molecule has 44 heavy (non-hydrogen) atoms. The number of hydrogen-bond donors (Lipinski definition) is 0. The normalized spacial score (nSPS) is 14.9. The van der Waals surface area contributed by atoms with Crippen LogP contribution in [0.25, 0.3) is 6.08 Å². The van der Waals surface area contributed by atoms with Crippen LogP contribution in [0.5, 0.6) is 0 Å². The zero-order valence-electron chi connectivity index (χ0n) is 24.2. The quantitative estimate of drug-likeness (QED) is 0.185. The highest BCUT2D eigenvalue weighted by Crippen LogP contribution is 2.29. The third kappa shape index (κ3) is 8.45. The van der Waals surface area contributed by atoms with Crippen molar-refractivity contribution in [3.05, 3.63) is 136 Å². The number of rotatable bonds is 10. The summed E-state index contributed by atoms with van der Waals surface area (Å²) in [7, 11) is 0. The predicted molar refractivity (Wildman–Crippen MR) is 168 cm³/mol. The van der Waals surface area contributed by atoms with Crippen molar-refractivity contribution in [2.24, 2.45) is 0 Å². The van der Waals surface area contributed by atoms with Crippen molar-refractivity contribution in [1.29, 1.82) is 0 Å². The minimum Gasteiger partial charge on any atom is -0.338 e. The van der Waals surface area contributed by atoms with Gasteiger partial charge in [-0.1, -0.05) is 72.8 Å². The van der Waals surface area contributed by atoms with Crippen LogP contribution in [0.3, 0.4) is 0 Å². The van der Waals surface area contributed by atoms with Gasteiger partial charge < -0.3 is 9.80 Å². The van der Waals surface area contributed by atoms with E-state index in [1.54, 1.807) is 4.90 Å². The number of piperazine rings is 1. The van der Waals surface area contributed by atoms with E-state index < -0.39 is 17.8 Å². The maximum absolute atomic E-state index is 14.2. The molecular formula is C35H34F3N3O2S. The largest absolute Gasteiger partial charge is 0.416 e. The van der Waals surface area contributed by atoms with E-state index in [9.17, 15) is 22.8 Å². The summed E-state index contributed by atoms with van der Waals surface area (Å²) in [6.45, 7) is 3.61. The van der Waals surface area contributed by atoms with Crippen molar-refractivity contribution in [1.82, 2.24) is 14.7 Å². The molecule has 0 radical (unpaired) electrons. The minimum atomic E-state index is -4.44. The molecule has 0 spiro atoms. The van der Waals surface area contributed by atoms with E-state index >= 15 is 0 Å². The molecule has 1 saturated heterocycles. The van der Waals surface area contributed by atoms with E-state index in [1.807, 2.05) is 70.3 Å². The van der Waals surface area contributed by atoms with Crippen molar-refractivity contribution < 1.29 is 22.8 Å². The van der Waals surface area contributed by atoms with E-state index in [4.69, 9.17) is 0 Å². The molecule has 0 bridgehead atoms. The second kappa shape index (κ2) is 14.5. The first-order chi connectivity index (χ1) is 21.3. The maximum Gasteiger partial charge on any atom is 0.416 e. The summed E-state index contributed by atoms with van der Waals surface area (Å²) < 4.78 is 39.1. The number of hydrogen-bond acceptors (Lipinski definition) is 4. The molecule has 5 nitrogen and oxygen atoms in total. The van der Waals surface area contributed by atoms with Crippen molar-refractivity contribution in [3.8, 4) is 0 Å². The molecule has 228 valence electrons. The molecule has 9 heteroatoms. The van der Waals surface area contributed by atoms with Gasteiger partial charge in [-0.15, -0.1) is 0 Å². The van der Waals surface area contributed by atoms with Gasteiger partial charge in [0.1, 0.15) is 6.04 Å². The van der Waals surface area contributed by atoms with Crippen LogP contribution in [-0.2, 0) is 35.3 Å². The Balaban J connectivity index is 1.37. The number of thiophene rings is 1. The molecule has 5 rings (SSSR count). The van der Waals surface area contributed by atoms with Gasteiger partial charge in [-0.3, -0.25) is 14.5 Å². The molecule has 1 fully saturated rings. The maximum atomic E-state index is 14.2. The molecule has 1 aromatic heterocycles. The standard InChI is InChI=1S/C35H34F3N3O2S/c36-35(37,38)31-14-11-27(12-15-31)13-16-33(42)41(25-30-17-22-44-26-30)32(23-28-7-3-1-4-8-28)34(43)40-20-18-39(19-21-40)24-29-9-5-2-6-10-29/h1-17,22,26,32H,18-21,23-25H2/t32-/m0/s1. The first-order valence-electron chi connectivity index (χ1n) is 14.5. The van der Waals surface area contributed by atoms with Gasteiger partial charge in [0.2, 0.25) is 11.8 Å². The van der Waals surface area contributed by atoms with Crippen LogP contribution in [-0.4, -0.2) is 58.7 Å². The lowest BCUT2D eigenvalue weighted by Gasteiger charge is -2.39. The first kappa shape index (κ1) is 31.2. The van der Waals surface area contributed by atoms with Crippen LogP contribution < -0.4 is 0 Å². The monoisotopic (exact) mass is 617 g/mol. The highest BCUT2D eigenvalue weighted by atomic mass is 32.1. The molecule has 0 N–H and O–H groups in total. The highest BCUT2D eigenvalue weighted by molar-refractivity contribution is 7.07. The van der Waals surface area contributed by atoms with Gasteiger partial charge in [0.05, 0.1) is 5.56 Å². The lowest BCUT2D eigenvalue weighted by Crippen LogP contribution is -2.56. The molecule has 4 aromatic rings. The molecule has 1 aliphatic rings. The number of alkyl halides is 3. The summed E-state index contributed by atoms with van der Waals surface area (Å²) in [6, 6.07) is 25.7. The Kier molecular flexibility index (Phi) is 10.3. The lowest BCUT2D eigenvalue weighted by molar-refractivity contribution is -0.145. The Hall–Kier alpha value is -4.21. The molecule has 0 unspecified atom stereocenters. The topological polar surface area (TPSA) is 43.9 Å². The molecular weight excluding hydrogens is 583 g/mol. The second-order valence-corrected chi connectivity index (χ2v) is 11.6. The third-order valence-corrected chi connectivity index (χ3v) is 8.47. The van der Waals surface area contributed by atoms with Crippen LogP contribution in [0.1, 0.15) is 27.8 Å². The van der Waals surface area contributed by atoms with Crippen LogP contribution in [0.4, 0.5) is 13.2 Å². The molecule has 3 aromatic carbocycles. The van der Waals surface area contributed by atoms with Gasteiger partial charge in [0, 0.05) is 51.8 Å². The Morgan fingerprint density at radius 3 is 2.05 bits per heavy atom. The summed E-state index contributed by atoms with van der Waals surface area (Å²) in [5, 5.41) is 3.88. The number of amides is 2. The van der Waals surface area contributed by atoms with Crippen LogP contribution in [0.2, 0.25) is 0 Å². The minimum absolute atomic E-state index is 0.111. The van der Waals surface area contributed by atoms with Gasteiger partial charge in [0.15, 0.2) is 0 Å². The van der Waals surface area contributed by atoms with Crippen molar-refractivity contribution in [2.45, 2.75) is 31.7 Å². The molecule has 1 aliphatic heterocycles. The van der Waals surface area contributed by atoms with Crippen LogP contribution in [0, 0.1) is 0 Å². The fraction of sp³-hybridized carbons (Fsp3) is 0.257. The third-order valence-electron chi connectivity index (χ3n) is 7.74. The number of nitrogens with zero attached hydrogens (tertiary/aromatic N) is 3. The number of carbonyl (C=O) groups excluding carboxylic acids is 2. The summed E-state index contributed by atoms with van der Waals surface area (Å²) in [5.41, 5.74) is 2.77.